The maximum absolute atomic E-state index is 13.2. The highest BCUT2D eigenvalue weighted by Crippen LogP contribution is 2.32. The normalized spacial score (nSPS) is 18.3. The number of benzene rings is 1. The van der Waals surface area contributed by atoms with E-state index in [1.165, 1.54) is 18.9 Å². The van der Waals surface area contributed by atoms with Gasteiger partial charge in [0, 0.05) is 25.6 Å². The van der Waals surface area contributed by atoms with Crippen LogP contribution in [0.4, 0.5) is 4.39 Å². The van der Waals surface area contributed by atoms with E-state index < -0.39 is 0 Å². The number of hydrogen-bond donors (Lipinski definition) is 1. The third-order valence-corrected chi connectivity index (χ3v) is 3.97. The fourth-order valence-corrected chi connectivity index (χ4v) is 2.98. The van der Waals surface area contributed by atoms with Gasteiger partial charge in [0.15, 0.2) is 0 Å². The van der Waals surface area contributed by atoms with Gasteiger partial charge in [0.25, 0.3) is 0 Å². The molecule has 1 N–H and O–H groups in total. The van der Waals surface area contributed by atoms with Crippen molar-refractivity contribution in [3.05, 3.63) is 29.6 Å². The zero-order valence-electron chi connectivity index (χ0n) is 13.0. The highest BCUT2D eigenvalue weighted by atomic mass is 19.1. The lowest BCUT2D eigenvalue weighted by atomic mass is 9.94. The van der Waals surface area contributed by atoms with Crippen molar-refractivity contribution in [3.63, 3.8) is 0 Å². The molecular formula is C17H26FNO2. The number of rotatable bonds is 9. The Bertz CT molecular complexity index is 439. The predicted molar refractivity (Wildman–Crippen MR) is 82.3 cm³/mol. The molecule has 4 heteroatoms. The average Bonchev–Trinajstić information content (AvgIpc) is 2.85. The van der Waals surface area contributed by atoms with Gasteiger partial charge in [-0.25, -0.2) is 4.39 Å². The van der Waals surface area contributed by atoms with Crippen LogP contribution in [0.25, 0.3) is 0 Å². The van der Waals surface area contributed by atoms with E-state index >= 15 is 0 Å². The molecule has 0 fully saturated rings. The summed E-state index contributed by atoms with van der Waals surface area (Å²) in [5, 5.41) is 3.43. The molecule has 21 heavy (non-hydrogen) atoms. The van der Waals surface area contributed by atoms with Crippen molar-refractivity contribution in [2.24, 2.45) is 5.92 Å². The summed E-state index contributed by atoms with van der Waals surface area (Å²) in [6, 6.07) is 4.81. The fraction of sp³-hybridized carbons (Fsp3) is 0.647. The van der Waals surface area contributed by atoms with Crippen LogP contribution in [0.1, 0.15) is 31.7 Å². The molecule has 0 aromatic heterocycles. The summed E-state index contributed by atoms with van der Waals surface area (Å²) in [6.45, 7) is 4.82. The van der Waals surface area contributed by atoms with Gasteiger partial charge in [-0.15, -0.1) is 0 Å². The van der Waals surface area contributed by atoms with Crippen molar-refractivity contribution in [1.29, 1.82) is 0 Å². The molecule has 0 saturated carbocycles. The molecule has 3 nitrogen and oxygen atoms in total. The second-order valence-corrected chi connectivity index (χ2v) is 5.78. The van der Waals surface area contributed by atoms with Crippen LogP contribution < -0.4 is 10.1 Å². The Balaban J connectivity index is 1.81. The Morgan fingerprint density at radius 2 is 2.33 bits per heavy atom. The summed E-state index contributed by atoms with van der Waals surface area (Å²) in [6.07, 6.45) is 4.38. The van der Waals surface area contributed by atoms with Gasteiger partial charge < -0.3 is 14.8 Å². The van der Waals surface area contributed by atoms with E-state index in [4.69, 9.17) is 9.47 Å². The van der Waals surface area contributed by atoms with Crippen molar-refractivity contribution in [3.8, 4) is 5.75 Å². The average molecular weight is 295 g/mol. The molecule has 1 aliphatic rings. The number of halogens is 1. The highest BCUT2D eigenvalue weighted by molar-refractivity contribution is 5.37. The van der Waals surface area contributed by atoms with Crippen LogP contribution in [0, 0.1) is 11.7 Å². The van der Waals surface area contributed by atoms with E-state index in [0.717, 1.165) is 43.9 Å². The number of methoxy groups -OCH3 is 1. The first-order chi connectivity index (χ1) is 10.2. The second-order valence-electron chi connectivity index (χ2n) is 5.78. The minimum Gasteiger partial charge on any atom is -0.490 e. The third kappa shape index (κ3) is 4.97. The Kier molecular flexibility index (Phi) is 6.46. The van der Waals surface area contributed by atoms with Gasteiger partial charge in [-0.2, -0.15) is 0 Å². The summed E-state index contributed by atoms with van der Waals surface area (Å²) in [4.78, 5) is 0. The molecule has 1 aromatic carbocycles. The SMILES string of the molecule is CCCC(CNCCOC)CC1Cc2cc(F)ccc2O1. The third-order valence-electron chi connectivity index (χ3n) is 3.97. The molecule has 0 aliphatic carbocycles. The highest BCUT2D eigenvalue weighted by Gasteiger charge is 2.25. The van der Waals surface area contributed by atoms with Crippen LogP contribution in [0.2, 0.25) is 0 Å². The molecular weight excluding hydrogens is 269 g/mol. The standard InChI is InChI=1S/C17H26FNO2/c1-3-4-13(12-19-7-8-20-2)9-16-11-14-10-15(18)5-6-17(14)21-16/h5-6,10,13,16,19H,3-4,7-9,11-12H2,1-2H3. The van der Waals surface area contributed by atoms with E-state index in [2.05, 4.69) is 12.2 Å². The maximum atomic E-state index is 13.2. The first-order valence-electron chi connectivity index (χ1n) is 7.87. The molecule has 0 bridgehead atoms. The van der Waals surface area contributed by atoms with Crippen LogP contribution in [0.5, 0.6) is 5.75 Å². The number of nitrogens with one attached hydrogen (secondary N) is 1. The zero-order chi connectivity index (χ0) is 15.1. The van der Waals surface area contributed by atoms with Crippen LogP contribution in [0.3, 0.4) is 0 Å². The van der Waals surface area contributed by atoms with Crippen molar-refractivity contribution in [2.45, 2.75) is 38.7 Å². The van der Waals surface area contributed by atoms with E-state index in [-0.39, 0.29) is 11.9 Å². The largest absolute Gasteiger partial charge is 0.490 e. The molecule has 118 valence electrons. The first kappa shape index (κ1) is 16.2. The predicted octanol–water partition coefficient (Wildman–Crippen LogP) is 3.17. The summed E-state index contributed by atoms with van der Waals surface area (Å²) < 4.78 is 24.2. The molecule has 0 saturated heterocycles. The minimum absolute atomic E-state index is 0.177. The Labute approximate surface area is 126 Å². The number of ether oxygens (including phenoxy) is 2. The molecule has 2 rings (SSSR count). The quantitative estimate of drug-likeness (QED) is 0.710. The summed E-state index contributed by atoms with van der Waals surface area (Å²) >= 11 is 0. The Morgan fingerprint density at radius 1 is 1.48 bits per heavy atom. The summed E-state index contributed by atoms with van der Waals surface area (Å²) in [5.41, 5.74) is 1.00. The number of fused-ring (bicyclic) bond motifs is 1. The Hall–Kier alpha value is -1.13. The van der Waals surface area contributed by atoms with Gasteiger partial charge in [0.05, 0.1) is 6.61 Å². The van der Waals surface area contributed by atoms with E-state index in [0.29, 0.717) is 5.92 Å². The van der Waals surface area contributed by atoms with Crippen LogP contribution in [-0.2, 0) is 11.2 Å². The van der Waals surface area contributed by atoms with Crippen molar-refractivity contribution < 1.29 is 13.9 Å². The molecule has 1 heterocycles. The molecule has 0 amide bonds. The monoisotopic (exact) mass is 295 g/mol. The van der Waals surface area contributed by atoms with E-state index in [1.54, 1.807) is 19.2 Å². The molecule has 0 spiro atoms. The van der Waals surface area contributed by atoms with Crippen LogP contribution in [-0.4, -0.2) is 32.9 Å². The number of hydrogen-bond acceptors (Lipinski definition) is 3. The molecule has 2 atom stereocenters. The van der Waals surface area contributed by atoms with Crippen LogP contribution in [0.15, 0.2) is 18.2 Å². The lowest BCUT2D eigenvalue weighted by Gasteiger charge is -2.20. The van der Waals surface area contributed by atoms with Gasteiger partial charge in [-0.1, -0.05) is 13.3 Å². The summed E-state index contributed by atoms with van der Waals surface area (Å²) in [5.74, 6) is 1.27. The topological polar surface area (TPSA) is 30.5 Å². The second kappa shape index (κ2) is 8.35. The smallest absolute Gasteiger partial charge is 0.123 e. The maximum Gasteiger partial charge on any atom is 0.123 e. The van der Waals surface area contributed by atoms with Gasteiger partial charge in [-0.05, 0) is 43.5 Å². The van der Waals surface area contributed by atoms with Gasteiger partial charge in [-0.3, -0.25) is 0 Å². The molecule has 1 aliphatic heterocycles. The van der Waals surface area contributed by atoms with Crippen molar-refractivity contribution in [2.75, 3.05) is 26.8 Å². The van der Waals surface area contributed by atoms with Gasteiger partial charge in [0.2, 0.25) is 0 Å². The lowest BCUT2D eigenvalue weighted by molar-refractivity contribution is 0.179. The molecule has 2 unspecified atom stereocenters. The van der Waals surface area contributed by atoms with Gasteiger partial charge >= 0.3 is 0 Å². The lowest BCUT2D eigenvalue weighted by Crippen LogP contribution is -2.29. The molecule has 0 radical (unpaired) electrons. The minimum atomic E-state index is -0.177. The van der Waals surface area contributed by atoms with E-state index in [1.807, 2.05) is 0 Å². The fourth-order valence-electron chi connectivity index (χ4n) is 2.98. The van der Waals surface area contributed by atoms with Crippen molar-refractivity contribution >= 4 is 0 Å². The summed E-state index contributed by atoms with van der Waals surface area (Å²) in [7, 11) is 1.72. The first-order valence-corrected chi connectivity index (χ1v) is 7.87. The van der Waals surface area contributed by atoms with Gasteiger partial charge in [0.1, 0.15) is 17.7 Å². The van der Waals surface area contributed by atoms with E-state index in [9.17, 15) is 4.39 Å². The van der Waals surface area contributed by atoms with Crippen molar-refractivity contribution in [1.82, 2.24) is 5.32 Å². The Morgan fingerprint density at radius 3 is 3.10 bits per heavy atom. The molecule has 1 aromatic rings. The zero-order valence-corrected chi connectivity index (χ0v) is 13.0. The van der Waals surface area contributed by atoms with Crippen LogP contribution >= 0.6 is 0 Å².